The predicted molar refractivity (Wildman–Crippen MR) is 69.7 cm³/mol. The molecule has 4 nitrogen and oxygen atoms in total. The minimum Gasteiger partial charge on any atom is -0.370 e. The fraction of sp³-hybridized carbons (Fsp3) is 0.714. The molecule has 1 unspecified atom stereocenters. The summed E-state index contributed by atoms with van der Waals surface area (Å²) < 4.78 is 0. The van der Waals surface area contributed by atoms with Crippen molar-refractivity contribution >= 4 is 11.8 Å². The maximum atomic E-state index is 12.1. The van der Waals surface area contributed by atoms with Gasteiger partial charge in [-0.05, 0) is 38.0 Å². The van der Waals surface area contributed by atoms with Crippen LogP contribution in [0.2, 0.25) is 0 Å². The number of rotatable bonds is 3. The molecule has 0 aromatic rings. The number of nitrogens with zero attached hydrogens (tertiary/aromatic N) is 1. The lowest BCUT2D eigenvalue weighted by Gasteiger charge is -2.17. The summed E-state index contributed by atoms with van der Waals surface area (Å²) in [6.45, 7) is 1.45. The van der Waals surface area contributed by atoms with Crippen molar-refractivity contribution < 1.29 is 9.59 Å². The van der Waals surface area contributed by atoms with E-state index in [0.29, 0.717) is 13.0 Å². The largest absolute Gasteiger partial charge is 0.370 e. The van der Waals surface area contributed by atoms with Gasteiger partial charge in [0.2, 0.25) is 11.8 Å². The fourth-order valence-electron chi connectivity index (χ4n) is 2.90. The summed E-state index contributed by atoms with van der Waals surface area (Å²) in [6.07, 6.45) is 8.99. The number of hydrogen-bond donors (Lipinski definition) is 1. The van der Waals surface area contributed by atoms with Crippen LogP contribution in [-0.2, 0) is 9.59 Å². The Balaban J connectivity index is 1.85. The van der Waals surface area contributed by atoms with Crippen LogP contribution in [0, 0.1) is 5.92 Å². The van der Waals surface area contributed by atoms with Crippen molar-refractivity contribution in [1.82, 2.24) is 4.90 Å². The third kappa shape index (κ3) is 3.59. The number of carbonyl (C=O) groups is 2. The molecule has 18 heavy (non-hydrogen) atoms. The van der Waals surface area contributed by atoms with Crippen molar-refractivity contribution in [3.05, 3.63) is 11.6 Å². The van der Waals surface area contributed by atoms with Crippen LogP contribution in [0.25, 0.3) is 0 Å². The summed E-state index contributed by atoms with van der Waals surface area (Å²) >= 11 is 0. The van der Waals surface area contributed by atoms with Crippen LogP contribution in [-0.4, -0.2) is 29.8 Å². The molecule has 2 rings (SSSR count). The Morgan fingerprint density at radius 1 is 1.28 bits per heavy atom. The van der Waals surface area contributed by atoms with Crippen LogP contribution >= 0.6 is 0 Å². The average Bonchev–Trinajstić information content (AvgIpc) is 2.78. The van der Waals surface area contributed by atoms with Crippen LogP contribution in [0.5, 0.6) is 0 Å². The molecule has 1 aliphatic carbocycles. The van der Waals surface area contributed by atoms with Crippen LogP contribution in [0.4, 0.5) is 0 Å². The molecule has 2 amide bonds. The zero-order valence-electron chi connectivity index (χ0n) is 10.9. The normalized spacial score (nSPS) is 24.1. The summed E-state index contributed by atoms with van der Waals surface area (Å²) in [5.74, 6) is 0.120. The Hall–Kier alpha value is -1.32. The molecule has 4 heteroatoms. The topological polar surface area (TPSA) is 63.4 Å². The highest BCUT2D eigenvalue weighted by atomic mass is 16.2. The Kier molecular flexibility index (Phi) is 4.39. The Morgan fingerprint density at radius 3 is 2.67 bits per heavy atom. The molecule has 2 aliphatic rings. The van der Waals surface area contributed by atoms with Gasteiger partial charge < -0.3 is 10.6 Å². The zero-order valence-corrected chi connectivity index (χ0v) is 10.9. The first-order chi connectivity index (χ1) is 8.65. The monoisotopic (exact) mass is 250 g/mol. The van der Waals surface area contributed by atoms with Gasteiger partial charge in [0.15, 0.2) is 0 Å². The maximum absolute atomic E-state index is 12.1. The van der Waals surface area contributed by atoms with Crippen LogP contribution in [0.3, 0.4) is 0 Å². The van der Waals surface area contributed by atoms with E-state index in [-0.39, 0.29) is 17.7 Å². The van der Waals surface area contributed by atoms with Gasteiger partial charge in [-0.25, -0.2) is 0 Å². The minimum absolute atomic E-state index is 0.124. The summed E-state index contributed by atoms with van der Waals surface area (Å²) in [6, 6.07) is 0. The highest BCUT2D eigenvalue weighted by molar-refractivity contribution is 5.88. The minimum atomic E-state index is -0.264. The van der Waals surface area contributed by atoms with Gasteiger partial charge in [0.1, 0.15) is 0 Å². The lowest BCUT2D eigenvalue weighted by Crippen LogP contribution is -2.28. The van der Waals surface area contributed by atoms with E-state index in [1.807, 2.05) is 11.0 Å². The van der Waals surface area contributed by atoms with Gasteiger partial charge in [-0.3, -0.25) is 9.59 Å². The number of amides is 2. The van der Waals surface area contributed by atoms with Gasteiger partial charge >= 0.3 is 0 Å². The van der Waals surface area contributed by atoms with E-state index in [1.54, 1.807) is 0 Å². The van der Waals surface area contributed by atoms with Gasteiger partial charge in [-0.15, -0.1) is 0 Å². The average molecular weight is 250 g/mol. The van der Waals surface area contributed by atoms with Crippen molar-refractivity contribution in [2.24, 2.45) is 11.7 Å². The first kappa shape index (κ1) is 13.1. The van der Waals surface area contributed by atoms with E-state index in [2.05, 4.69) is 0 Å². The van der Waals surface area contributed by atoms with Gasteiger partial charge in [-0.2, -0.15) is 0 Å². The van der Waals surface area contributed by atoms with Crippen molar-refractivity contribution in [1.29, 1.82) is 0 Å². The fourth-order valence-corrected chi connectivity index (χ4v) is 2.90. The van der Waals surface area contributed by atoms with E-state index in [9.17, 15) is 9.59 Å². The first-order valence-corrected chi connectivity index (χ1v) is 6.92. The number of primary amides is 1. The number of nitrogens with two attached hydrogens (primary N) is 1. The van der Waals surface area contributed by atoms with Crippen LogP contribution in [0.15, 0.2) is 11.6 Å². The molecule has 1 saturated carbocycles. The Morgan fingerprint density at radius 2 is 2.00 bits per heavy atom. The predicted octanol–water partition coefficient (Wildman–Crippen LogP) is 1.60. The van der Waals surface area contributed by atoms with E-state index in [0.717, 1.165) is 25.8 Å². The standard InChI is InChI=1S/C14H22N2O2/c15-13(17)8-12-6-7-16(10-12)14(18)9-11-4-2-1-3-5-11/h9,12H,1-8,10H2,(H2,15,17). The van der Waals surface area contributed by atoms with E-state index >= 15 is 0 Å². The molecule has 0 aromatic heterocycles. The third-order valence-electron chi connectivity index (χ3n) is 3.91. The maximum Gasteiger partial charge on any atom is 0.246 e. The molecule has 0 bridgehead atoms. The van der Waals surface area contributed by atoms with Gasteiger partial charge in [0.05, 0.1) is 0 Å². The second-order valence-corrected chi connectivity index (χ2v) is 5.47. The third-order valence-corrected chi connectivity index (χ3v) is 3.91. The quantitative estimate of drug-likeness (QED) is 0.773. The second-order valence-electron chi connectivity index (χ2n) is 5.47. The van der Waals surface area contributed by atoms with E-state index in [4.69, 9.17) is 5.73 Å². The summed E-state index contributed by atoms with van der Waals surface area (Å²) in [7, 11) is 0. The SMILES string of the molecule is NC(=O)CC1CCN(C(=O)C=C2CCCCC2)C1. The van der Waals surface area contributed by atoms with Crippen molar-refractivity contribution in [3.8, 4) is 0 Å². The molecular formula is C14H22N2O2. The molecule has 2 N–H and O–H groups in total. The lowest BCUT2D eigenvalue weighted by molar-refractivity contribution is -0.125. The van der Waals surface area contributed by atoms with Gasteiger partial charge in [0.25, 0.3) is 0 Å². The lowest BCUT2D eigenvalue weighted by atomic mass is 9.94. The number of hydrogen-bond acceptors (Lipinski definition) is 2. The highest BCUT2D eigenvalue weighted by Gasteiger charge is 2.26. The molecule has 2 fully saturated rings. The van der Waals surface area contributed by atoms with Gasteiger partial charge in [-0.1, -0.05) is 12.0 Å². The molecule has 0 radical (unpaired) electrons. The molecule has 1 atom stereocenters. The van der Waals surface area contributed by atoms with Crippen molar-refractivity contribution in [3.63, 3.8) is 0 Å². The molecule has 0 spiro atoms. The molecule has 0 aromatic carbocycles. The highest BCUT2D eigenvalue weighted by Crippen LogP contribution is 2.24. The zero-order chi connectivity index (χ0) is 13.0. The number of carbonyl (C=O) groups excluding carboxylic acids is 2. The smallest absolute Gasteiger partial charge is 0.246 e. The number of allylic oxidation sites excluding steroid dienone is 1. The first-order valence-electron chi connectivity index (χ1n) is 6.92. The van der Waals surface area contributed by atoms with Crippen molar-refractivity contribution in [2.75, 3.05) is 13.1 Å². The molecule has 1 aliphatic heterocycles. The molecule has 1 heterocycles. The van der Waals surface area contributed by atoms with Crippen molar-refractivity contribution in [2.45, 2.75) is 44.9 Å². The summed E-state index contributed by atoms with van der Waals surface area (Å²) in [4.78, 5) is 24.8. The van der Waals surface area contributed by atoms with Crippen LogP contribution < -0.4 is 5.73 Å². The second kappa shape index (κ2) is 6.03. The Bertz CT molecular complexity index is 355. The van der Waals surface area contributed by atoms with Crippen LogP contribution in [0.1, 0.15) is 44.9 Å². The van der Waals surface area contributed by atoms with E-state index < -0.39 is 0 Å². The van der Waals surface area contributed by atoms with E-state index in [1.165, 1.54) is 24.8 Å². The number of likely N-dealkylation sites (tertiary alicyclic amines) is 1. The molecule has 1 saturated heterocycles. The molecule has 100 valence electrons. The molecular weight excluding hydrogens is 228 g/mol. The summed E-state index contributed by atoms with van der Waals surface area (Å²) in [5.41, 5.74) is 6.48. The summed E-state index contributed by atoms with van der Waals surface area (Å²) in [5, 5.41) is 0. The van der Waals surface area contributed by atoms with Gasteiger partial charge in [0, 0.05) is 25.6 Å². The Labute approximate surface area is 108 Å².